The van der Waals surface area contributed by atoms with E-state index in [1.165, 1.54) is 33.8 Å². The lowest BCUT2D eigenvalue weighted by Gasteiger charge is -2.37. The Balaban J connectivity index is 2.78. The second kappa shape index (κ2) is 6.17. The summed E-state index contributed by atoms with van der Waals surface area (Å²) in [5.74, 6) is 0.380. The number of benzene rings is 1. The van der Waals surface area contributed by atoms with E-state index in [-0.39, 0.29) is 0 Å². The van der Waals surface area contributed by atoms with Crippen LogP contribution in [0, 0.1) is 6.92 Å². The third-order valence-corrected chi connectivity index (χ3v) is 4.20. The van der Waals surface area contributed by atoms with Crippen molar-refractivity contribution in [1.82, 2.24) is 0 Å². The molecule has 0 radical (unpaired) electrons. The molecule has 1 heteroatoms. The van der Waals surface area contributed by atoms with Gasteiger partial charge >= 0.3 is 0 Å². The first-order valence-corrected chi connectivity index (χ1v) is 7.58. The third kappa shape index (κ3) is 2.61. The van der Waals surface area contributed by atoms with Gasteiger partial charge in [-0.05, 0) is 51.0 Å². The summed E-state index contributed by atoms with van der Waals surface area (Å²) in [6, 6.07) is 6.71. The molecule has 110 valence electrons. The monoisotopic (exact) mass is 279 g/mol. The highest BCUT2D eigenvalue weighted by Crippen LogP contribution is 2.43. The highest BCUT2D eigenvalue weighted by atomic mass is 15.2. The van der Waals surface area contributed by atoms with Crippen LogP contribution in [-0.4, -0.2) is 0 Å². The first-order chi connectivity index (χ1) is 10.0. The van der Waals surface area contributed by atoms with E-state index in [1.807, 2.05) is 6.08 Å². The fourth-order valence-electron chi connectivity index (χ4n) is 3.00. The maximum atomic E-state index is 4.05. The number of nitrogens with zero attached hydrogens (tertiary/aromatic N) is 1. The third-order valence-electron chi connectivity index (χ3n) is 4.20. The zero-order valence-corrected chi connectivity index (χ0v) is 13.8. The smallest absolute Gasteiger partial charge is 0.0496 e. The van der Waals surface area contributed by atoms with Crippen molar-refractivity contribution in [3.8, 4) is 0 Å². The van der Waals surface area contributed by atoms with Gasteiger partial charge in [-0.25, -0.2) is 0 Å². The summed E-state index contributed by atoms with van der Waals surface area (Å²) in [5, 5.41) is 0. The zero-order chi connectivity index (χ0) is 15.6. The van der Waals surface area contributed by atoms with Crippen LogP contribution in [-0.2, 0) is 0 Å². The molecule has 0 aromatic heterocycles. The second-order valence-electron chi connectivity index (χ2n) is 5.59. The lowest BCUT2D eigenvalue weighted by molar-refractivity contribution is 0.853. The van der Waals surface area contributed by atoms with Gasteiger partial charge in [0.05, 0.1) is 0 Å². The van der Waals surface area contributed by atoms with E-state index in [0.717, 1.165) is 0 Å². The molecule has 1 aromatic rings. The Labute approximate surface area is 129 Å². The molecular formula is C20H25N. The van der Waals surface area contributed by atoms with Gasteiger partial charge in [0.2, 0.25) is 0 Å². The Morgan fingerprint density at radius 2 is 2.00 bits per heavy atom. The Bertz CT molecular complexity index is 644. The average molecular weight is 279 g/mol. The van der Waals surface area contributed by atoms with E-state index >= 15 is 0 Å². The fraction of sp³-hybridized carbons (Fsp3) is 0.300. The van der Waals surface area contributed by atoms with Crippen LogP contribution in [0.25, 0.3) is 0 Å². The molecule has 1 atom stereocenters. The van der Waals surface area contributed by atoms with Crippen LogP contribution in [0.3, 0.4) is 0 Å². The molecule has 0 bridgehead atoms. The van der Waals surface area contributed by atoms with Crippen molar-refractivity contribution in [2.75, 3.05) is 4.90 Å². The lowest BCUT2D eigenvalue weighted by atomic mass is 9.84. The van der Waals surface area contributed by atoms with E-state index in [9.17, 15) is 0 Å². The van der Waals surface area contributed by atoms with Crippen LogP contribution in [0.15, 0.2) is 66.0 Å². The summed E-state index contributed by atoms with van der Waals surface area (Å²) in [5.41, 5.74) is 7.70. The van der Waals surface area contributed by atoms with E-state index in [0.29, 0.717) is 5.92 Å². The van der Waals surface area contributed by atoms with Gasteiger partial charge in [-0.3, -0.25) is 0 Å². The minimum atomic E-state index is 0.380. The standard InChI is InChI=1S/C20H25N/c1-7-10-17-16(6)18-13-14(4)11-12-20(18)21(15(5)8-2)19(17)9-3/h7-13,16H,3H2,1-2,4-6H3/b10-7-,15-8+. The van der Waals surface area contributed by atoms with Crippen LogP contribution >= 0.6 is 0 Å². The number of fused-ring (bicyclic) bond motifs is 1. The van der Waals surface area contributed by atoms with Gasteiger partial charge in [-0.1, -0.05) is 49.4 Å². The Hall–Kier alpha value is -2.02. The summed E-state index contributed by atoms with van der Waals surface area (Å²) in [7, 11) is 0. The second-order valence-corrected chi connectivity index (χ2v) is 5.59. The Kier molecular flexibility index (Phi) is 4.52. The molecule has 1 aromatic carbocycles. The predicted molar refractivity (Wildman–Crippen MR) is 93.5 cm³/mol. The molecule has 0 spiro atoms. The van der Waals surface area contributed by atoms with Crippen molar-refractivity contribution < 1.29 is 0 Å². The molecule has 0 aliphatic carbocycles. The summed E-state index contributed by atoms with van der Waals surface area (Å²) < 4.78 is 0. The molecule has 1 heterocycles. The molecular weight excluding hydrogens is 254 g/mol. The molecule has 1 unspecified atom stereocenters. The van der Waals surface area contributed by atoms with Crippen molar-refractivity contribution in [3.63, 3.8) is 0 Å². The van der Waals surface area contributed by atoms with Gasteiger partial charge < -0.3 is 4.90 Å². The number of allylic oxidation sites excluding steroid dienone is 6. The number of aryl methyl sites for hydroxylation is 1. The van der Waals surface area contributed by atoms with Crippen LogP contribution in [0.4, 0.5) is 5.69 Å². The Morgan fingerprint density at radius 1 is 1.29 bits per heavy atom. The van der Waals surface area contributed by atoms with Crippen LogP contribution in [0.1, 0.15) is 44.7 Å². The number of hydrogen-bond donors (Lipinski definition) is 0. The van der Waals surface area contributed by atoms with Gasteiger partial charge in [0.25, 0.3) is 0 Å². The molecule has 1 nitrogen and oxygen atoms in total. The molecule has 1 aliphatic rings. The summed E-state index contributed by atoms with van der Waals surface area (Å²) in [6.07, 6.45) is 8.44. The minimum absolute atomic E-state index is 0.380. The predicted octanol–water partition coefficient (Wildman–Crippen LogP) is 5.86. The van der Waals surface area contributed by atoms with Gasteiger partial charge in [-0.2, -0.15) is 0 Å². The first-order valence-electron chi connectivity index (χ1n) is 7.58. The number of hydrogen-bond acceptors (Lipinski definition) is 1. The minimum Gasteiger partial charge on any atom is -0.314 e. The molecule has 0 fully saturated rings. The summed E-state index contributed by atoms with van der Waals surface area (Å²) >= 11 is 0. The van der Waals surface area contributed by atoms with Crippen LogP contribution in [0.5, 0.6) is 0 Å². The van der Waals surface area contributed by atoms with Crippen LogP contribution < -0.4 is 4.90 Å². The maximum absolute atomic E-state index is 4.05. The molecule has 1 aliphatic heterocycles. The highest BCUT2D eigenvalue weighted by molar-refractivity contribution is 5.72. The van der Waals surface area contributed by atoms with Gasteiger partial charge in [-0.15, -0.1) is 0 Å². The summed E-state index contributed by atoms with van der Waals surface area (Å²) in [4.78, 5) is 2.32. The lowest BCUT2D eigenvalue weighted by Crippen LogP contribution is -2.27. The number of rotatable bonds is 3. The average Bonchev–Trinajstić information content (AvgIpc) is 2.49. The molecule has 0 amide bonds. The Morgan fingerprint density at radius 3 is 2.57 bits per heavy atom. The van der Waals surface area contributed by atoms with Gasteiger partial charge in [0, 0.05) is 23.0 Å². The van der Waals surface area contributed by atoms with Crippen LogP contribution in [0.2, 0.25) is 0 Å². The van der Waals surface area contributed by atoms with E-state index in [2.05, 4.69) is 82.5 Å². The fourth-order valence-corrected chi connectivity index (χ4v) is 3.00. The molecule has 0 saturated carbocycles. The van der Waals surface area contributed by atoms with Crippen molar-refractivity contribution in [2.24, 2.45) is 0 Å². The SMILES string of the molecule is C=CC1=C(/C=C\C)C(C)c2cc(C)ccc2N1/C(C)=C/C. The van der Waals surface area contributed by atoms with E-state index in [1.54, 1.807) is 0 Å². The first kappa shape index (κ1) is 15.4. The largest absolute Gasteiger partial charge is 0.314 e. The molecule has 21 heavy (non-hydrogen) atoms. The van der Waals surface area contributed by atoms with E-state index in [4.69, 9.17) is 0 Å². The van der Waals surface area contributed by atoms with E-state index < -0.39 is 0 Å². The molecule has 0 saturated heterocycles. The molecule has 2 rings (SSSR count). The molecule has 0 N–H and O–H groups in total. The zero-order valence-electron chi connectivity index (χ0n) is 13.8. The van der Waals surface area contributed by atoms with Crippen molar-refractivity contribution in [1.29, 1.82) is 0 Å². The van der Waals surface area contributed by atoms with Gasteiger partial charge in [0.1, 0.15) is 0 Å². The summed E-state index contributed by atoms with van der Waals surface area (Å²) in [6.45, 7) is 14.8. The highest BCUT2D eigenvalue weighted by Gasteiger charge is 2.28. The van der Waals surface area contributed by atoms with Crippen molar-refractivity contribution >= 4 is 5.69 Å². The normalized spacial score (nSPS) is 19.2. The topological polar surface area (TPSA) is 3.24 Å². The maximum Gasteiger partial charge on any atom is 0.0496 e. The van der Waals surface area contributed by atoms with Crippen molar-refractivity contribution in [2.45, 2.75) is 40.5 Å². The van der Waals surface area contributed by atoms with Gasteiger partial charge in [0.15, 0.2) is 0 Å². The van der Waals surface area contributed by atoms with Crippen molar-refractivity contribution in [3.05, 3.63) is 77.2 Å². The number of anilines is 1. The quantitative estimate of drug-likeness (QED) is 0.670.